The van der Waals surface area contributed by atoms with E-state index in [0.29, 0.717) is 28.9 Å². The first-order valence-corrected chi connectivity index (χ1v) is 7.20. The van der Waals surface area contributed by atoms with Gasteiger partial charge < -0.3 is 5.73 Å². The molecule has 0 atom stereocenters. The maximum atomic E-state index is 12.5. The van der Waals surface area contributed by atoms with Crippen LogP contribution in [0.3, 0.4) is 0 Å². The third kappa shape index (κ3) is 2.48. The van der Waals surface area contributed by atoms with E-state index >= 15 is 0 Å². The summed E-state index contributed by atoms with van der Waals surface area (Å²) in [6, 6.07) is 7.30. The summed E-state index contributed by atoms with van der Waals surface area (Å²) in [5.41, 5.74) is 7.69. The second-order valence-corrected chi connectivity index (χ2v) is 5.65. The van der Waals surface area contributed by atoms with Crippen molar-refractivity contribution in [1.29, 1.82) is 0 Å². The summed E-state index contributed by atoms with van der Waals surface area (Å²) in [5, 5.41) is 0.540. The van der Waals surface area contributed by atoms with Gasteiger partial charge in [-0.15, -0.1) is 0 Å². The number of nitrogens with zero attached hydrogens (tertiary/aromatic N) is 2. The van der Waals surface area contributed by atoms with Gasteiger partial charge in [0.2, 0.25) is 0 Å². The highest BCUT2D eigenvalue weighted by molar-refractivity contribution is 6.32. The largest absolute Gasteiger partial charge is 0.393 e. The summed E-state index contributed by atoms with van der Waals surface area (Å²) < 4.78 is 3.49. The lowest BCUT2D eigenvalue weighted by atomic mass is 10.1. The molecule has 5 heteroatoms. The first-order valence-electron chi connectivity index (χ1n) is 6.82. The molecule has 0 bridgehead atoms. The number of rotatable bonds is 4. The van der Waals surface area contributed by atoms with Crippen LogP contribution in [0.1, 0.15) is 26.5 Å². The second-order valence-electron chi connectivity index (χ2n) is 5.24. The van der Waals surface area contributed by atoms with Gasteiger partial charge in [-0.25, -0.2) is 4.68 Å². The van der Waals surface area contributed by atoms with E-state index in [1.807, 2.05) is 29.8 Å². The van der Waals surface area contributed by atoms with Crippen LogP contribution < -0.4 is 11.3 Å². The summed E-state index contributed by atoms with van der Waals surface area (Å²) in [7, 11) is 0. The Labute approximate surface area is 123 Å². The van der Waals surface area contributed by atoms with Crippen molar-refractivity contribution >= 4 is 17.3 Å². The summed E-state index contributed by atoms with van der Waals surface area (Å²) in [4.78, 5) is 12.5. The molecule has 0 unspecified atom stereocenters. The first-order chi connectivity index (χ1) is 9.47. The Kier molecular flexibility index (Phi) is 4.23. The van der Waals surface area contributed by atoms with E-state index in [0.717, 1.165) is 12.1 Å². The monoisotopic (exact) mass is 293 g/mol. The molecule has 0 aliphatic heterocycles. The van der Waals surface area contributed by atoms with Crippen molar-refractivity contribution < 1.29 is 0 Å². The van der Waals surface area contributed by atoms with Gasteiger partial charge in [0.25, 0.3) is 5.56 Å². The van der Waals surface area contributed by atoms with Crippen LogP contribution in [0.25, 0.3) is 5.69 Å². The molecule has 0 saturated heterocycles. The zero-order valence-electron chi connectivity index (χ0n) is 12.1. The summed E-state index contributed by atoms with van der Waals surface area (Å²) >= 11 is 6.21. The van der Waals surface area contributed by atoms with E-state index in [2.05, 4.69) is 13.8 Å². The highest BCUT2D eigenvalue weighted by Gasteiger charge is 2.19. The van der Waals surface area contributed by atoms with Gasteiger partial charge >= 0.3 is 0 Å². The Hall–Kier alpha value is -1.68. The standard InChI is InChI=1S/C15H20ClN3O/c1-4-18-13(9-10(2)3)14(17)15(20)19(18)12-8-6-5-7-11(12)16/h5-8,10H,4,9,17H2,1-3H3. The van der Waals surface area contributed by atoms with Crippen LogP contribution in [-0.2, 0) is 13.0 Å². The minimum absolute atomic E-state index is 0.199. The first kappa shape index (κ1) is 14.7. The number of nitrogens with two attached hydrogens (primary N) is 1. The molecule has 1 aromatic heterocycles. The Balaban J connectivity index is 2.71. The van der Waals surface area contributed by atoms with Gasteiger partial charge in [0.1, 0.15) is 5.69 Å². The molecule has 0 aliphatic carbocycles. The second kappa shape index (κ2) is 5.75. The normalized spacial score (nSPS) is 11.2. The molecule has 0 aliphatic rings. The highest BCUT2D eigenvalue weighted by Crippen LogP contribution is 2.22. The van der Waals surface area contributed by atoms with Crippen molar-refractivity contribution in [3.05, 3.63) is 45.3 Å². The number of hydrogen-bond donors (Lipinski definition) is 1. The van der Waals surface area contributed by atoms with Crippen molar-refractivity contribution in [2.75, 3.05) is 5.73 Å². The number of hydrogen-bond acceptors (Lipinski definition) is 2. The fourth-order valence-corrected chi connectivity index (χ4v) is 2.62. The predicted molar refractivity (Wildman–Crippen MR) is 83.7 cm³/mol. The van der Waals surface area contributed by atoms with Gasteiger partial charge in [-0.05, 0) is 31.4 Å². The topological polar surface area (TPSA) is 52.9 Å². The van der Waals surface area contributed by atoms with Crippen LogP contribution in [0.5, 0.6) is 0 Å². The Morgan fingerprint density at radius 1 is 1.30 bits per heavy atom. The number of halogens is 1. The van der Waals surface area contributed by atoms with Crippen molar-refractivity contribution in [3.8, 4) is 5.69 Å². The Morgan fingerprint density at radius 2 is 1.95 bits per heavy atom. The van der Waals surface area contributed by atoms with Gasteiger partial charge in [0.05, 0.1) is 16.4 Å². The SMILES string of the molecule is CCn1c(CC(C)C)c(N)c(=O)n1-c1ccccc1Cl. The molecule has 2 rings (SSSR count). The lowest BCUT2D eigenvalue weighted by Gasteiger charge is -2.15. The minimum Gasteiger partial charge on any atom is -0.393 e. The summed E-state index contributed by atoms with van der Waals surface area (Å²) in [5.74, 6) is 0.427. The molecule has 1 aromatic carbocycles. The van der Waals surface area contributed by atoms with E-state index in [4.69, 9.17) is 17.3 Å². The van der Waals surface area contributed by atoms with Gasteiger partial charge in [-0.1, -0.05) is 37.6 Å². The van der Waals surface area contributed by atoms with Gasteiger partial charge in [0.15, 0.2) is 0 Å². The fraction of sp³-hybridized carbons (Fsp3) is 0.400. The van der Waals surface area contributed by atoms with Gasteiger partial charge in [0, 0.05) is 6.54 Å². The maximum Gasteiger partial charge on any atom is 0.294 e. The molecule has 20 heavy (non-hydrogen) atoms. The lowest BCUT2D eigenvalue weighted by molar-refractivity contribution is 0.520. The zero-order valence-corrected chi connectivity index (χ0v) is 12.8. The third-order valence-electron chi connectivity index (χ3n) is 3.27. The molecule has 0 radical (unpaired) electrons. The third-order valence-corrected chi connectivity index (χ3v) is 3.59. The predicted octanol–water partition coefficient (Wildman–Crippen LogP) is 3.09. The van der Waals surface area contributed by atoms with Crippen molar-refractivity contribution in [2.24, 2.45) is 5.92 Å². The van der Waals surface area contributed by atoms with Gasteiger partial charge in [-0.3, -0.25) is 9.48 Å². The molecule has 0 amide bonds. The molecular weight excluding hydrogens is 274 g/mol. The number of benzene rings is 1. The van der Waals surface area contributed by atoms with Crippen molar-refractivity contribution in [2.45, 2.75) is 33.7 Å². The van der Waals surface area contributed by atoms with E-state index in [9.17, 15) is 4.79 Å². The number of aromatic nitrogens is 2. The lowest BCUT2D eigenvalue weighted by Crippen LogP contribution is -2.22. The van der Waals surface area contributed by atoms with E-state index < -0.39 is 0 Å². The number of para-hydroxylation sites is 1. The minimum atomic E-state index is -0.199. The van der Waals surface area contributed by atoms with E-state index in [1.54, 1.807) is 10.7 Å². The summed E-state index contributed by atoms with van der Waals surface area (Å²) in [6.07, 6.45) is 0.770. The van der Waals surface area contributed by atoms with Crippen LogP contribution in [0.15, 0.2) is 29.1 Å². The van der Waals surface area contributed by atoms with Crippen LogP contribution >= 0.6 is 11.6 Å². The smallest absolute Gasteiger partial charge is 0.294 e. The molecule has 0 fully saturated rings. The number of nitrogen functional groups attached to an aromatic ring is 1. The molecule has 0 spiro atoms. The van der Waals surface area contributed by atoms with Gasteiger partial charge in [-0.2, -0.15) is 0 Å². The summed E-state index contributed by atoms with van der Waals surface area (Å²) in [6.45, 7) is 6.88. The average molecular weight is 294 g/mol. The van der Waals surface area contributed by atoms with Crippen LogP contribution in [0.2, 0.25) is 5.02 Å². The Morgan fingerprint density at radius 3 is 2.50 bits per heavy atom. The zero-order chi connectivity index (χ0) is 14.9. The molecule has 4 nitrogen and oxygen atoms in total. The quantitative estimate of drug-likeness (QED) is 0.942. The van der Waals surface area contributed by atoms with Crippen LogP contribution in [0, 0.1) is 5.92 Å². The van der Waals surface area contributed by atoms with Crippen molar-refractivity contribution in [1.82, 2.24) is 9.36 Å². The average Bonchev–Trinajstić information content (AvgIpc) is 2.63. The van der Waals surface area contributed by atoms with E-state index in [1.165, 1.54) is 0 Å². The maximum absolute atomic E-state index is 12.5. The van der Waals surface area contributed by atoms with Crippen LogP contribution in [0.4, 0.5) is 5.69 Å². The van der Waals surface area contributed by atoms with Crippen LogP contribution in [-0.4, -0.2) is 9.36 Å². The highest BCUT2D eigenvalue weighted by atomic mass is 35.5. The van der Waals surface area contributed by atoms with Crippen molar-refractivity contribution in [3.63, 3.8) is 0 Å². The molecule has 2 N–H and O–H groups in total. The fourth-order valence-electron chi connectivity index (χ4n) is 2.40. The number of anilines is 1. The molecular formula is C15H20ClN3O. The Bertz CT molecular complexity index is 670. The van der Waals surface area contributed by atoms with E-state index in [-0.39, 0.29) is 5.56 Å². The molecule has 0 saturated carbocycles. The molecule has 1 heterocycles. The molecule has 2 aromatic rings. The molecule has 108 valence electrons.